The lowest BCUT2D eigenvalue weighted by molar-refractivity contribution is 0.313. The maximum atomic E-state index is 5.71. The van der Waals surface area contributed by atoms with E-state index < -0.39 is 0 Å². The van der Waals surface area contributed by atoms with Crippen LogP contribution in [0.1, 0.15) is 11.3 Å². The summed E-state index contributed by atoms with van der Waals surface area (Å²) in [5.74, 6) is 2.81. The standard InChI is InChI=1S/C17H26N4O2/c1-13-16(17(20(2)3)21(4)19-13)12-18-10-11-23-15-8-6-14(22-5)7-9-15/h6-9,18H,10-12H2,1-5H3. The topological polar surface area (TPSA) is 51.6 Å². The average Bonchev–Trinajstić information content (AvgIpc) is 2.81. The van der Waals surface area contributed by atoms with Crippen LogP contribution >= 0.6 is 0 Å². The fraction of sp³-hybridized carbons (Fsp3) is 0.471. The molecular weight excluding hydrogens is 292 g/mol. The van der Waals surface area contributed by atoms with Gasteiger partial charge in [0.05, 0.1) is 12.8 Å². The molecule has 1 heterocycles. The van der Waals surface area contributed by atoms with E-state index in [0.717, 1.165) is 36.1 Å². The van der Waals surface area contributed by atoms with Gasteiger partial charge in [0.2, 0.25) is 0 Å². The lowest BCUT2D eigenvalue weighted by Gasteiger charge is -2.15. The van der Waals surface area contributed by atoms with Crippen molar-refractivity contribution >= 4 is 5.82 Å². The lowest BCUT2D eigenvalue weighted by Crippen LogP contribution is -2.23. The minimum Gasteiger partial charge on any atom is -0.497 e. The van der Waals surface area contributed by atoms with Crippen molar-refractivity contribution < 1.29 is 9.47 Å². The number of aromatic nitrogens is 2. The van der Waals surface area contributed by atoms with Crippen LogP contribution in [-0.4, -0.2) is 44.1 Å². The van der Waals surface area contributed by atoms with Gasteiger partial charge in [0.15, 0.2) is 0 Å². The first-order chi connectivity index (χ1) is 11.0. The largest absolute Gasteiger partial charge is 0.497 e. The van der Waals surface area contributed by atoms with Gasteiger partial charge in [-0.3, -0.25) is 4.68 Å². The molecule has 0 aliphatic heterocycles. The van der Waals surface area contributed by atoms with Crippen molar-refractivity contribution in [2.45, 2.75) is 13.5 Å². The van der Waals surface area contributed by atoms with Gasteiger partial charge in [0.25, 0.3) is 0 Å². The molecule has 1 N–H and O–H groups in total. The van der Waals surface area contributed by atoms with Crippen molar-refractivity contribution in [2.75, 3.05) is 39.3 Å². The van der Waals surface area contributed by atoms with Gasteiger partial charge in [-0.15, -0.1) is 0 Å². The Morgan fingerprint density at radius 3 is 2.43 bits per heavy atom. The van der Waals surface area contributed by atoms with Crippen LogP contribution in [0.25, 0.3) is 0 Å². The van der Waals surface area contributed by atoms with E-state index in [1.54, 1.807) is 7.11 Å². The van der Waals surface area contributed by atoms with Crippen LogP contribution < -0.4 is 19.7 Å². The number of nitrogens with zero attached hydrogens (tertiary/aromatic N) is 3. The molecule has 0 unspecified atom stereocenters. The zero-order chi connectivity index (χ0) is 16.8. The number of hydrogen-bond acceptors (Lipinski definition) is 5. The van der Waals surface area contributed by atoms with Crippen LogP contribution in [0.5, 0.6) is 11.5 Å². The van der Waals surface area contributed by atoms with Crippen LogP contribution in [0.2, 0.25) is 0 Å². The average molecular weight is 318 g/mol. The molecule has 1 aromatic heterocycles. The minimum absolute atomic E-state index is 0.614. The summed E-state index contributed by atoms with van der Waals surface area (Å²) in [4.78, 5) is 2.09. The zero-order valence-electron chi connectivity index (χ0n) is 14.6. The highest BCUT2D eigenvalue weighted by Crippen LogP contribution is 2.21. The third kappa shape index (κ3) is 4.39. The van der Waals surface area contributed by atoms with Gasteiger partial charge in [0, 0.05) is 39.8 Å². The minimum atomic E-state index is 0.614. The number of rotatable bonds is 8. The molecule has 2 rings (SSSR count). The van der Waals surface area contributed by atoms with E-state index in [1.165, 1.54) is 5.56 Å². The monoisotopic (exact) mass is 318 g/mol. The fourth-order valence-electron chi connectivity index (χ4n) is 2.58. The predicted octanol–water partition coefficient (Wildman–Crippen LogP) is 1.97. The molecule has 6 heteroatoms. The van der Waals surface area contributed by atoms with E-state index in [2.05, 4.69) is 15.3 Å². The summed E-state index contributed by atoms with van der Waals surface area (Å²) in [5.41, 5.74) is 2.28. The number of nitrogens with one attached hydrogen (secondary N) is 1. The molecule has 0 saturated heterocycles. The first kappa shape index (κ1) is 17.1. The summed E-state index contributed by atoms with van der Waals surface area (Å²) < 4.78 is 12.7. The number of anilines is 1. The summed E-state index contributed by atoms with van der Waals surface area (Å²) in [5, 5.41) is 7.90. The Hall–Kier alpha value is -2.21. The van der Waals surface area contributed by atoms with Crippen molar-refractivity contribution in [3.63, 3.8) is 0 Å². The van der Waals surface area contributed by atoms with Crippen molar-refractivity contribution in [1.29, 1.82) is 0 Å². The normalized spacial score (nSPS) is 10.7. The number of aryl methyl sites for hydroxylation is 2. The molecule has 0 aliphatic carbocycles. The van der Waals surface area contributed by atoms with Gasteiger partial charge in [-0.05, 0) is 31.2 Å². The summed E-state index contributed by atoms with van der Waals surface area (Å²) >= 11 is 0. The van der Waals surface area contributed by atoms with Crippen molar-refractivity contribution in [1.82, 2.24) is 15.1 Å². The van der Waals surface area contributed by atoms with Gasteiger partial charge in [0.1, 0.15) is 23.9 Å². The SMILES string of the molecule is COc1ccc(OCCNCc2c(C)nn(C)c2N(C)C)cc1. The maximum Gasteiger partial charge on any atom is 0.130 e. The molecule has 0 fully saturated rings. The highest BCUT2D eigenvalue weighted by Gasteiger charge is 2.14. The van der Waals surface area contributed by atoms with Crippen LogP contribution in [0.3, 0.4) is 0 Å². The van der Waals surface area contributed by atoms with Crippen LogP contribution in [0, 0.1) is 6.92 Å². The summed E-state index contributed by atoms with van der Waals surface area (Å²) in [6.07, 6.45) is 0. The Bertz CT molecular complexity index is 620. The molecule has 0 amide bonds. The van der Waals surface area contributed by atoms with Crippen molar-refractivity contribution in [3.8, 4) is 11.5 Å². The van der Waals surface area contributed by atoms with Gasteiger partial charge < -0.3 is 19.7 Å². The molecule has 1 aromatic carbocycles. The van der Waals surface area contributed by atoms with Gasteiger partial charge in [-0.1, -0.05) is 0 Å². The zero-order valence-corrected chi connectivity index (χ0v) is 14.6. The summed E-state index contributed by atoms with van der Waals surface area (Å²) in [7, 11) is 7.69. The second-order valence-electron chi connectivity index (χ2n) is 5.61. The van der Waals surface area contributed by atoms with E-state index in [-0.39, 0.29) is 0 Å². The second-order valence-corrected chi connectivity index (χ2v) is 5.61. The third-order valence-electron chi connectivity index (χ3n) is 3.65. The van der Waals surface area contributed by atoms with Crippen molar-refractivity contribution in [3.05, 3.63) is 35.5 Å². The first-order valence-electron chi connectivity index (χ1n) is 7.70. The molecule has 126 valence electrons. The molecule has 0 aliphatic rings. The molecule has 6 nitrogen and oxygen atoms in total. The quantitative estimate of drug-likeness (QED) is 0.754. The Kier molecular flexibility index (Phi) is 5.87. The number of ether oxygens (including phenoxy) is 2. The molecule has 23 heavy (non-hydrogen) atoms. The molecule has 0 bridgehead atoms. The van der Waals surface area contributed by atoms with Crippen LogP contribution in [0.15, 0.2) is 24.3 Å². The van der Waals surface area contributed by atoms with Gasteiger partial charge in [-0.25, -0.2) is 0 Å². The van der Waals surface area contributed by atoms with Crippen LogP contribution in [-0.2, 0) is 13.6 Å². The highest BCUT2D eigenvalue weighted by molar-refractivity contribution is 5.48. The molecular formula is C17H26N4O2. The van der Waals surface area contributed by atoms with E-state index in [0.29, 0.717) is 6.61 Å². The molecule has 0 radical (unpaired) electrons. The Balaban J connectivity index is 1.79. The fourth-order valence-corrected chi connectivity index (χ4v) is 2.58. The van der Waals surface area contributed by atoms with Gasteiger partial charge >= 0.3 is 0 Å². The number of hydrogen-bond donors (Lipinski definition) is 1. The molecule has 0 saturated carbocycles. The number of benzene rings is 1. The summed E-state index contributed by atoms with van der Waals surface area (Å²) in [6.45, 7) is 4.20. The van der Waals surface area contributed by atoms with E-state index in [9.17, 15) is 0 Å². The highest BCUT2D eigenvalue weighted by atomic mass is 16.5. The third-order valence-corrected chi connectivity index (χ3v) is 3.65. The second kappa shape index (κ2) is 7.87. The number of methoxy groups -OCH3 is 1. The molecule has 0 atom stereocenters. The first-order valence-corrected chi connectivity index (χ1v) is 7.70. The molecule has 0 spiro atoms. The smallest absolute Gasteiger partial charge is 0.130 e. The molecule has 2 aromatic rings. The Labute approximate surface area is 138 Å². The van der Waals surface area contributed by atoms with E-state index in [1.807, 2.05) is 57.0 Å². The van der Waals surface area contributed by atoms with Gasteiger partial charge in [-0.2, -0.15) is 5.10 Å². The van der Waals surface area contributed by atoms with E-state index in [4.69, 9.17) is 9.47 Å². The Morgan fingerprint density at radius 2 is 1.83 bits per heavy atom. The summed E-state index contributed by atoms with van der Waals surface area (Å²) in [6, 6.07) is 7.61. The lowest BCUT2D eigenvalue weighted by atomic mass is 10.2. The van der Waals surface area contributed by atoms with Crippen molar-refractivity contribution in [2.24, 2.45) is 7.05 Å². The predicted molar refractivity (Wildman–Crippen MR) is 92.5 cm³/mol. The van der Waals surface area contributed by atoms with Crippen LogP contribution in [0.4, 0.5) is 5.82 Å². The maximum absolute atomic E-state index is 5.71. The van der Waals surface area contributed by atoms with E-state index >= 15 is 0 Å². The Morgan fingerprint density at radius 1 is 1.17 bits per heavy atom.